The molecule has 0 radical (unpaired) electrons. The zero-order chi connectivity index (χ0) is 9.68. The van der Waals surface area contributed by atoms with Gasteiger partial charge >= 0.3 is 5.97 Å². The summed E-state index contributed by atoms with van der Waals surface area (Å²) in [4.78, 5) is 10.6. The normalized spacial score (nSPS) is 28.7. The van der Waals surface area contributed by atoms with Crippen LogP contribution in [0.25, 0.3) is 0 Å². The minimum Gasteiger partial charge on any atom is -0.481 e. The molecule has 1 rings (SSSR count). The molecule has 2 heteroatoms. The van der Waals surface area contributed by atoms with E-state index in [0.717, 1.165) is 6.42 Å². The molecule has 2 nitrogen and oxygen atoms in total. The zero-order valence-corrected chi connectivity index (χ0v) is 8.46. The Labute approximate surface area is 80.3 Å². The van der Waals surface area contributed by atoms with Crippen molar-refractivity contribution in [3.63, 3.8) is 0 Å². The Balaban J connectivity index is 2.41. The topological polar surface area (TPSA) is 37.3 Å². The standard InChI is InChI=1S/C11H20O2/c1-2-5-9-6-3-4-7-10(9)8-11(12)13/h9-10H,2-8H2,1H3,(H,12,13)/t9-,10-/m1/s1. The Morgan fingerprint density at radius 3 is 2.46 bits per heavy atom. The predicted octanol–water partition coefficient (Wildman–Crippen LogP) is 3.07. The highest BCUT2D eigenvalue weighted by molar-refractivity contribution is 5.67. The molecule has 0 aliphatic heterocycles. The van der Waals surface area contributed by atoms with Crippen LogP contribution in [0.5, 0.6) is 0 Å². The lowest BCUT2D eigenvalue weighted by atomic mass is 9.75. The van der Waals surface area contributed by atoms with Crippen LogP contribution in [-0.4, -0.2) is 11.1 Å². The van der Waals surface area contributed by atoms with Gasteiger partial charge in [0.05, 0.1) is 0 Å². The molecule has 0 spiro atoms. The van der Waals surface area contributed by atoms with Gasteiger partial charge in [0.1, 0.15) is 0 Å². The van der Waals surface area contributed by atoms with Crippen LogP contribution in [0.15, 0.2) is 0 Å². The molecule has 0 saturated heterocycles. The second-order valence-corrected chi connectivity index (χ2v) is 4.19. The third kappa shape index (κ3) is 3.37. The Kier molecular flexibility index (Phi) is 4.26. The number of hydrogen-bond donors (Lipinski definition) is 1. The fraction of sp³-hybridized carbons (Fsp3) is 0.909. The van der Waals surface area contributed by atoms with Crippen molar-refractivity contribution < 1.29 is 9.90 Å². The fourth-order valence-electron chi connectivity index (χ4n) is 2.53. The molecule has 1 saturated carbocycles. The molecule has 2 atom stereocenters. The van der Waals surface area contributed by atoms with Crippen molar-refractivity contribution in [3.8, 4) is 0 Å². The summed E-state index contributed by atoms with van der Waals surface area (Å²) in [6, 6.07) is 0. The van der Waals surface area contributed by atoms with Crippen molar-refractivity contribution in [3.05, 3.63) is 0 Å². The van der Waals surface area contributed by atoms with Gasteiger partial charge in [0.25, 0.3) is 0 Å². The average molecular weight is 184 g/mol. The highest BCUT2D eigenvalue weighted by Crippen LogP contribution is 2.35. The van der Waals surface area contributed by atoms with E-state index in [1.165, 1.54) is 32.1 Å². The SMILES string of the molecule is CCC[C@@H]1CCCC[C@@H]1CC(=O)O. The molecule has 1 N–H and O–H groups in total. The maximum absolute atomic E-state index is 10.6. The van der Waals surface area contributed by atoms with Gasteiger partial charge in [-0.2, -0.15) is 0 Å². The molecule has 0 amide bonds. The Morgan fingerprint density at radius 1 is 1.31 bits per heavy atom. The van der Waals surface area contributed by atoms with Crippen LogP contribution in [0.1, 0.15) is 51.9 Å². The summed E-state index contributed by atoms with van der Waals surface area (Å²) >= 11 is 0. The van der Waals surface area contributed by atoms with Crippen molar-refractivity contribution in [1.29, 1.82) is 0 Å². The second-order valence-electron chi connectivity index (χ2n) is 4.19. The van der Waals surface area contributed by atoms with Crippen molar-refractivity contribution in [2.75, 3.05) is 0 Å². The Bertz CT molecular complexity index is 163. The van der Waals surface area contributed by atoms with Crippen LogP contribution >= 0.6 is 0 Å². The average Bonchev–Trinajstić information content (AvgIpc) is 2.08. The van der Waals surface area contributed by atoms with Gasteiger partial charge in [-0.25, -0.2) is 0 Å². The van der Waals surface area contributed by atoms with Crippen molar-refractivity contribution >= 4 is 5.97 Å². The molecule has 13 heavy (non-hydrogen) atoms. The fourth-order valence-corrected chi connectivity index (χ4v) is 2.53. The van der Waals surface area contributed by atoms with Gasteiger partial charge in [0.2, 0.25) is 0 Å². The highest BCUT2D eigenvalue weighted by atomic mass is 16.4. The van der Waals surface area contributed by atoms with E-state index >= 15 is 0 Å². The Hall–Kier alpha value is -0.530. The molecule has 1 aliphatic carbocycles. The molecule has 76 valence electrons. The number of rotatable bonds is 4. The summed E-state index contributed by atoms with van der Waals surface area (Å²) in [5.41, 5.74) is 0. The van der Waals surface area contributed by atoms with Crippen molar-refractivity contribution in [2.24, 2.45) is 11.8 Å². The smallest absolute Gasteiger partial charge is 0.303 e. The first kappa shape index (κ1) is 10.6. The number of hydrogen-bond acceptors (Lipinski definition) is 1. The van der Waals surface area contributed by atoms with Crippen LogP contribution < -0.4 is 0 Å². The van der Waals surface area contributed by atoms with Crippen molar-refractivity contribution in [2.45, 2.75) is 51.9 Å². The van der Waals surface area contributed by atoms with E-state index in [2.05, 4.69) is 6.92 Å². The van der Waals surface area contributed by atoms with E-state index in [1.54, 1.807) is 0 Å². The summed E-state index contributed by atoms with van der Waals surface area (Å²) in [6.07, 6.45) is 7.74. The van der Waals surface area contributed by atoms with E-state index in [-0.39, 0.29) is 0 Å². The van der Waals surface area contributed by atoms with E-state index < -0.39 is 5.97 Å². The lowest BCUT2D eigenvalue weighted by Gasteiger charge is -2.30. The van der Waals surface area contributed by atoms with Crippen LogP contribution in [-0.2, 0) is 4.79 Å². The highest BCUT2D eigenvalue weighted by Gasteiger charge is 2.25. The molecule has 0 aromatic carbocycles. The van der Waals surface area contributed by atoms with Crippen LogP contribution in [0, 0.1) is 11.8 Å². The zero-order valence-electron chi connectivity index (χ0n) is 8.46. The Morgan fingerprint density at radius 2 is 1.92 bits per heavy atom. The molecular formula is C11H20O2. The quantitative estimate of drug-likeness (QED) is 0.729. The van der Waals surface area contributed by atoms with Gasteiger partial charge in [-0.1, -0.05) is 39.0 Å². The van der Waals surface area contributed by atoms with Gasteiger partial charge in [-0.05, 0) is 18.3 Å². The van der Waals surface area contributed by atoms with Crippen LogP contribution in [0.2, 0.25) is 0 Å². The number of carbonyl (C=O) groups is 1. The summed E-state index contributed by atoms with van der Waals surface area (Å²) in [5.74, 6) is 0.536. The molecule has 0 unspecified atom stereocenters. The summed E-state index contributed by atoms with van der Waals surface area (Å²) < 4.78 is 0. The van der Waals surface area contributed by atoms with E-state index in [0.29, 0.717) is 18.3 Å². The first-order chi connectivity index (χ1) is 6.24. The van der Waals surface area contributed by atoms with E-state index in [1.807, 2.05) is 0 Å². The monoisotopic (exact) mass is 184 g/mol. The molecular weight excluding hydrogens is 164 g/mol. The minimum atomic E-state index is -0.618. The molecule has 0 aromatic heterocycles. The lowest BCUT2D eigenvalue weighted by Crippen LogP contribution is -2.22. The third-order valence-corrected chi connectivity index (χ3v) is 3.16. The number of carboxylic acid groups (broad SMARTS) is 1. The maximum atomic E-state index is 10.6. The number of aliphatic carboxylic acids is 1. The van der Waals surface area contributed by atoms with Gasteiger partial charge in [-0.15, -0.1) is 0 Å². The van der Waals surface area contributed by atoms with Crippen LogP contribution in [0.3, 0.4) is 0 Å². The first-order valence-electron chi connectivity index (χ1n) is 5.45. The van der Waals surface area contributed by atoms with E-state index in [9.17, 15) is 4.79 Å². The third-order valence-electron chi connectivity index (χ3n) is 3.16. The van der Waals surface area contributed by atoms with Crippen LogP contribution in [0.4, 0.5) is 0 Å². The number of carboxylic acids is 1. The van der Waals surface area contributed by atoms with Gasteiger partial charge in [0, 0.05) is 6.42 Å². The maximum Gasteiger partial charge on any atom is 0.303 e. The molecule has 1 aliphatic rings. The van der Waals surface area contributed by atoms with Crippen molar-refractivity contribution in [1.82, 2.24) is 0 Å². The summed E-state index contributed by atoms with van der Waals surface area (Å²) in [6.45, 7) is 2.19. The van der Waals surface area contributed by atoms with E-state index in [4.69, 9.17) is 5.11 Å². The summed E-state index contributed by atoms with van der Waals surface area (Å²) in [5, 5.41) is 8.75. The lowest BCUT2D eigenvalue weighted by molar-refractivity contribution is -0.138. The molecule has 0 heterocycles. The molecule has 0 bridgehead atoms. The van der Waals surface area contributed by atoms with Gasteiger partial charge in [-0.3, -0.25) is 4.79 Å². The largest absolute Gasteiger partial charge is 0.481 e. The minimum absolute atomic E-state index is 0.394. The molecule has 0 aromatic rings. The second kappa shape index (κ2) is 5.25. The van der Waals surface area contributed by atoms with Gasteiger partial charge < -0.3 is 5.11 Å². The summed E-state index contributed by atoms with van der Waals surface area (Å²) in [7, 11) is 0. The van der Waals surface area contributed by atoms with Gasteiger partial charge in [0.15, 0.2) is 0 Å². The predicted molar refractivity (Wildman–Crippen MR) is 52.6 cm³/mol. The molecule has 1 fully saturated rings. The first-order valence-corrected chi connectivity index (χ1v) is 5.45.